The van der Waals surface area contributed by atoms with E-state index >= 15 is 0 Å². The summed E-state index contributed by atoms with van der Waals surface area (Å²) in [5.41, 5.74) is 0.768. The lowest BCUT2D eigenvalue weighted by molar-refractivity contribution is -0.140. The smallest absolute Gasteiger partial charge is 0.311 e. The maximum Gasteiger partial charge on any atom is 0.311 e. The van der Waals surface area contributed by atoms with E-state index in [2.05, 4.69) is 5.32 Å². The van der Waals surface area contributed by atoms with Crippen LogP contribution < -0.4 is 10.1 Å². The van der Waals surface area contributed by atoms with E-state index in [0.717, 1.165) is 18.7 Å². The van der Waals surface area contributed by atoms with Gasteiger partial charge in [-0.2, -0.15) is 0 Å². The van der Waals surface area contributed by atoms with Crippen molar-refractivity contribution in [2.75, 3.05) is 20.2 Å². The molecule has 0 bridgehead atoms. The minimum atomic E-state index is -0.781. The fourth-order valence-electron chi connectivity index (χ4n) is 2.06. The molecule has 1 aromatic carbocycles. The number of methoxy groups -OCH3 is 1. The van der Waals surface area contributed by atoms with Crippen molar-refractivity contribution in [1.82, 2.24) is 5.32 Å². The van der Waals surface area contributed by atoms with Gasteiger partial charge < -0.3 is 15.2 Å². The van der Waals surface area contributed by atoms with E-state index in [-0.39, 0.29) is 5.92 Å². The highest BCUT2D eigenvalue weighted by molar-refractivity contribution is 5.78. The van der Waals surface area contributed by atoms with Crippen molar-refractivity contribution in [2.45, 2.75) is 5.92 Å². The van der Waals surface area contributed by atoms with Crippen LogP contribution in [0.3, 0.4) is 0 Å². The van der Waals surface area contributed by atoms with E-state index in [4.69, 9.17) is 4.74 Å². The van der Waals surface area contributed by atoms with Crippen LogP contribution in [0.4, 0.5) is 0 Å². The fraction of sp³-hybridized carbons (Fsp3) is 0.417. The average molecular weight is 221 g/mol. The van der Waals surface area contributed by atoms with Gasteiger partial charge in [-0.3, -0.25) is 4.79 Å². The number of carbonyl (C=O) groups is 1. The van der Waals surface area contributed by atoms with E-state index < -0.39 is 11.9 Å². The van der Waals surface area contributed by atoms with Crippen LogP contribution in [0.2, 0.25) is 0 Å². The summed E-state index contributed by atoms with van der Waals surface area (Å²) in [5.74, 6) is -0.441. The van der Waals surface area contributed by atoms with Gasteiger partial charge in [-0.25, -0.2) is 0 Å². The van der Waals surface area contributed by atoms with E-state index in [0.29, 0.717) is 5.75 Å². The van der Waals surface area contributed by atoms with Crippen molar-refractivity contribution in [3.05, 3.63) is 29.8 Å². The molecule has 2 rings (SSSR count). The second kappa shape index (κ2) is 4.53. The van der Waals surface area contributed by atoms with Crippen LogP contribution in [0, 0.1) is 5.92 Å². The molecule has 1 aromatic rings. The number of carboxylic acid groups (broad SMARTS) is 1. The Bertz CT molecular complexity index is 388. The lowest BCUT2D eigenvalue weighted by Gasteiger charge is -2.33. The third kappa shape index (κ3) is 1.88. The second-order valence-electron chi connectivity index (χ2n) is 3.98. The van der Waals surface area contributed by atoms with Crippen molar-refractivity contribution in [1.29, 1.82) is 0 Å². The van der Waals surface area contributed by atoms with Crippen molar-refractivity contribution >= 4 is 5.97 Å². The van der Waals surface area contributed by atoms with Crippen molar-refractivity contribution in [2.24, 2.45) is 5.92 Å². The minimum Gasteiger partial charge on any atom is -0.496 e. The lowest BCUT2D eigenvalue weighted by Crippen LogP contribution is -2.47. The van der Waals surface area contributed by atoms with Crippen LogP contribution in [-0.2, 0) is 4.79 Å². The second-order valence-corrected chi connectivity index (χ2v) is 3.98. The van der Waals surface area contributed by atoms with Gasteiger partial charge in [0.05, 0.1) is 13.0 Å². The number of ether oxygens (including phenoxy) is 1. The standard InChI is InChI=1S/C12H15NO3/c1-16-10-5-3-2-4-9(10)11(12(14)15)8-6-13-7-8/h2-5,8,11,13H,6-7H2,1H3,(H,14,15). The largest absolute Gasteiger partial charge is 0.496 e. The highest BCUT2D eigenvalue weighted by Crippen LogP contribution is 2.33. The Kier molecular flexibility index (Phi) is 3.10. The molecule has 1 fully saturated rings. The summed E-state index contributed by atoms with van der Waals surface area (Å²) >= 11 is 0. The number of rotatable bonds is 4. The number of nitrogens with one attached hydrogen (secondary N) is 1. The van der Waals surface area contributed by atoms with Crippen molar-refractivity contribution in [3.63, 3.8) is 0 Å². The SMILES string of the molecule is COc1ccccc1C(C(=O)O)C1CNC1. The average Bonchev–Trinajstić information content (AvgIpc) is 2.22. The molecule has 0 radical (unpaired) electrons. The van der Waals surface area contributed by atoms with Gasteiger partial charge >= 0.3 is 5.97 Å². The van der Waals surface area contributed by atoms with Crippen LogP contribution in [0.5, 0.6) is 5.75 Å². The monoisotopic (exact) mass is 221 g/mol. The van der Waals surface area contributed by atoms with Crippen LogP contribution >= 0.6 is 0 Å². The molecule has 86 valence electrons. The number of aliphatic carboxylic acids is 1. The summed E-state index contributed by atoms with van der Waals surface area (Å²) in [6.07, 6.45) is 0. The molecule has 1 aliphatic heterocycles. The molecule has 4 nitrogen and oxygen atoms in total. The molecule has 4 heteroatoms. The van der Waals surface area contributed by atoms with Crippen molar-refractivity contribution in [3.8, 4) is 5.75 Å². The van der Waals surface area contributed by atoms with E-state index in [9.17, 15) is 9.90 Å². The maximum atomic E-state index is 11.3. The summed E-state index contributed by atoms with van der Waals surface area (Å²) in [7, 11) is 1.57. The van der Waals surface area contributed by atoms with Crippen LogP contribution in [0.15, 0.2) is 24.3 Å². The van der Waals surface area contributed by atoms with Gasteiger partial charge in [-0.05, 0) is 6.07 Å². The van der Waals surface area contributed by atoms with Gasteiger partial charge in [-0.1, -0.05) is 18.2 Å². The first kappa shape index (κ1) is 11.0. The first-order valence-electron chi connectivity index (χ1n) is 5.30. The third-order valence-corrected chi connectivity index (χ3v) is 3.02. The molecular weight excluding hydrogens is 206 g/mol. The summed E-state index contributed by atoms with van der Waals surface area (Å²) in [6.45, 7) is 1.52. The quantitative estimate of drug-likeness (QED) is 0.798. The molecule has 0 amide bonds. The Hall–Kier alpha value is -1.55. The van der Waals surface area contributed by atoms with E-state index in [1.54, 1.807) is 13.2 Å². The van der Waals surface area contributed by atoms with Crippen LogP contribution in [0.25, 0.3) is 0 Å². The normalized spacial score (nSPS) is 17.6. The summed E-state index contributed by atoms with van der Waals surface area (Å²) in [4.78, 5) is 11.3. The molecule has 2 N–H and O–H groups in total. The topological polar surface area (TPSA) is 58.6 Å². The fourth-order valence-corrected chi connectivity index (χ4v) is 2.06. The summed E-state index contributed by atoms with van der Waals surface area (Å²) in [6, 6.07) is 7.33. The van der Waals surface area contributed by atoms with Crippen LogP contribution in [-0.4, -0.2) is 31.3 Å². The van der Waals surface area contributed by atoms with Crippen LogP contribution in [0.1, 0.15) is 11.5 Å². The Morgan fingerprint density at radius 1 is 1.50 bits per heavy atom. The Balaban J connectivity index is 2.33. The molecule has 1 unspecified atom stereocenters. The molecule has 0 aliphatic carbocycles. The van der Waals surface area contributed by atoms with E-state index in [1.165, 1.54) is 0 Å². The number of carboxylic acids is 1. The number of hydrogen-bond acceptors (Lipinski definition) is 3. The van der Waals surface area contributed by atoms with Gasteiger partial charge in [0.25, 0.3) is 0 Å². The predicted molar refractivity (Wildman–Crippen MR) is 59.7 cm³/mol. The molecular formula is C12H15NO3. The summed E-state index contributed by atoms with van der Waals surface area (Å²) < 4.78 is 5.21. The maximum absolute atomic E-state index is 11.3. The molecule has 1 atom stereocenters. The molecule has 1 heterocycles. The van der Waals surface area contributed by atoms with Gasteiger partial charge in [0.1, 0.15) is 5.75 Å². The number of hydrogen-bond donors (Lipinski definition) is 2. The molecule has 1 aliphatic rings. The molecule has 0 aromatic heterocycles. The Morgan fingerprint density at radius 2 is 2.19 bits per heavy atom. The first-order chi connectivity index (χ1) is 7.74. The molecule has 0 spiro atoms. The zero-order valence-electron chi connectivity index (χ0n) is 9.14. The Morgan fingerprint density at radius 3 is 2.69 bits per heavy atom. The third-order valence-electron chi connectivity index (χ3n) is 3.02. The minimum absolute atomic E-state index is 0.161. The number of benzene rings is 1. The van der Waals surface area contributed by atoms with Crippen molar-refractivity contribution < 1.29 is 14.6 Å². The zero-order chi connectivity index (χ0) is 11.5. The Labute approximate surface area is 94.2 Å². The zero-order valence-corrected chi connectivity index (χ0v) is 9.14. The van der Waals surface area contributed by atoms with Gasteiger partial charge in [0.15, 0.2) is 0 Å². The number of para-hydroxylation sites is 1. The molecule has 16 heavy (non-hydrogen) atoms. The first-order valence-corrected chi connectivity index (χ1v) is 5.30. The highest BCUT2D eigenvalue weighted by Gasteiger charge is 2.35. The van der Waals surface area contributed by atoms with E-state index in [1.807, 2.05) is 18.2 Å². The van der Waals surface area contributed by atoms with Gasteiger partial charge in [0, 0.05) is 24.6 Å². The highest BCUT2D eigenvalue weighted by atomic mass is 16.5. The van der Waals surface area contributed by atoms with Gasteiger partial charge in [-0.15, -0.1) is 0 Å². The summed E-state index contributed by atoms with van der Waals surface area (Å²) in [5, 5.41) is 12.4. The molecule has 1 saturated heterocycles. The van der Waals surface area contributed by atoms with Gasteiger partial charge in [0.2, 0.25) is 0 Å². The predicted octanol–water partition coefficient (Wildman–Crippen LogP) is 1.08. The lowest BCUT2D eigenvalue weighted by atomic mass is 9.82. The molecule has 0 saturated carbocycles.